The van der Waals surface area contributed by atoms with Gasteiger partial charge in [-0.3, -0.25) is 14.4 Å². The molecule has 27 heavy (non-hydrogen) atoms. The molecule has 4 heterocycles. The lowest BCUT2D eigenvalue weighted by Gasteiger charge is -2.57. The number of ether oxygens (including phenoxy) is 1. The molecule has 0 N–H and O–H groups in total. The number of amides is 2. The van der Waals surface area contributed by atoms with Crippen LogP contribution < -0.4 is 0 Å². The molecule has 144 valence electrons. The van der Waals surface area contributed by atoms with Gasteiger partial charge in [0.1, 0.15) is 5.82 Å². The van der Waals surface area contributed by atoms with Crippen molar-refractivity contribution in [3.8, 4) is 0 Å². The predicted octanol–water partition coefficient (Wildman–Crippen LogP) is 2.56. The van der Waals surface area contributed by atoms with Crippen LogP contribution in [0.5, 0.6) is 0 Å². The maximum atomic E-state index is 13.5. The number of benzene rings is 1. The first-order valence-electron chi connectivity index (χ1n) is 8.44. The summed E-state index contributed by atoms with van der Waals surface area (Å²) in [7, 11) is 5.58. The Morgan fingerprint density at radius 3 is 2.41 bits per heavy atom. The van der Waals surface area contributed by atoms with Crippen LogP contribution in [0, 0.1) is 11.2 Å². The number of methoxy groups -OCH3 is 1. The van der Waals surface area contributed by atoms with Crippen LogP contribution in [0.4, 0.5) is 4.39 Å². The number of carbonyl (C=O) groups excluding carboxylic acids is 3. The van der Waals surface area contributed by atoms with E-state index in [1.54, 1.807) is 37.9 Å². The standard InChI is InChI=1S/C18H19FN2O4S2/c1-16(15(24)25-4)9-18-14(23)20(3)17(2,26-27-18)13(22)21(18)12(16)10-5-7-11(19)8-6-10/h5-8,12H,9H2,1-4H3/t12?,16-,17?,18?/m0/s1. The van der Waals surface area contributed by atoms with Gasteiger partial charge in [-0.15, -0.1) is 0 Å². The molecule has 0 saturated carbocycles. The van der Waals surface area contributed by atoms with E-state index in [-0.39, 0.29) is 18.2 Å². The number of likely N-dealkylation sites (N-methyl/N-ethyl adjacent to an activating group) is 1. The second kappa shape index (κ2) is 5.64. The van der Waals surface area contributed by atoms with Gasteiger partial charge in [-0.2, -0.15) is 0 Å². The van der Waals surface area contributed by atoms with Crippen molar-refractivity contribution in [2.75, 3.05) is 14.2 Å². The first-order chi connectivity index (χ1) is 12.6. The fourth-order valence-corrected chi connectivity index (χ4v) is 7.96. The highest BCUT2D eigenvalue weighted by Crippen LogP contribution is 2.69. The van der Waals surface area contributed by atoms with Crippen LogP contribution in [0.25, 0.3) is 0 Å². The summed E-state index contributed by atoms with van der Waals surface area (Å²) in [5.41, 5.74) is -0.534. The molecule has 4 atom stereocenters. The summed E-state index contributed by atoms with van der Waals surface area (Å²) < 4.78 is 18.5. The second-order valence-corrected chi connectivity index (χ2v) is 10.3. The third-order valence-corrected chi connectivity index (χ3v) is 9.63. The molecule has 0 aromatic heterocycles. The van der Waals surface area contributed by atoms with E-state index in [2.05, 4.69) is 0 Å². The Hall–Kier alpha value is -1.74. The Labute approximate surface area is 164 Å². The lowest BCUT2D eigenvalue weighted by atomic mass is 9.78. The third kappa shape index (κ3) is 2.12. The van der Waals surface area contributed by atoms with Gasteiger partial charge in [0.2, 0.25) is 0 Å². The molecule has 1 spiro atoms. The number of esters is 1. The smallest absolute Gasteiger partial charge is 0.314 e. The summed E-state index contributed by atoms with van der Waals surface area (Å²) in [6, 6.07) is 4.99. The van der Waals surface area contributed by atoms with Crippen LogP contribution in [0.15, 0.2) is 24.3 Å². The van der Waals surface area contributed by atoms with Gasteiger partial charge in [0.15, 0.2) is 9.74 Å². The Morgan fingerprint density at radius 2 is 1.81 bits per heavy atom. The molecular formula is C18H19FN2O4S2. The molecule has 2 amide bonds. The van der Waals surface area contributed by atoms with Gasteiger partial charge < -0.3 is 14.5 Å². The molecule has 0 aliphatic carbocycles. The number of fused-ring (bicyclic) bond motifs is 2. The normalized spacial score (nSPS) is 37.6. The van der Waals surface area contributed by atoms with Crippen molar-refractivity contribution < 1.29 is 23.5 Å². The Balaban J connectivity index is 1.95. The molecule has 5 rings (SSSR count). The number of carbonyl (C=O) groups is 3. The summed E-state index contributed by atoms with van der Waals surface area (Å²) in [5, 5.41) is 0. The van der Waals surface area contributed by atoms with Crippen LogP contribution in [-0.4, -0.2) is 51.5 Å². The Morgan fingerprint density at radius 1 is 1.19 bits per heavy atom. The van der Waals surface area contributed by atoms with Gasteiger partial charge >= 0.3 is 5.97 Å². The quantitative estimate of drug-likeness (QED) is 0.552. The zero-order valence-electron chi connectivity index (χ0n) is 15.3. The lowest BCUT2D eigenvalue weighted by Crippen LogP contribution is -2.73. The molecule has 4 aliphatic heterocycles. The van der Waals surface area contributed by atoms with Crippen LogP contribution in [0.3, 0.4) is 0 Å². The minimum atomic E-state index is -1.18. The third-order valence-electron chi connectivity index (χ3n) is 5.93. The SMILES string of the molecule is COC(=O)[C@@]1(C)CC23SSC(C)(C(=O)N2C1c1ccc(F)cc1)N(C)C3=O. The Kier molecular flexibility index (Phi) is 3.89. The van der Waals surface area contributed by atoms with Gasteiger partial charge in [0.05, 0.1) is 18.6 Å². The summed E-state index contributed by atoms with van der Waals surface area (Å²) in [5.74, 6) is -1.34. The maximum absolute atomic E-state index is 13.5. The molecule has 9 heteroatoms. The van der Waals surface area contributed by atoms with Crippen molar-refractivity contribution >= 4 is 39.4 Å². The molecule has 0 radical (unpaired) electrons. The molecule has 1 aromatic rings. The van der Waals surface area contributed by atoms with Crippen molar-refractivity contribution in [2.24, 2.45) is 5.41 Å². The number of nitrogens with zero attached hydrogens (tertiary/aromatic N) is 2. The Bertz CT molecular complexity index is 865. The highest BCUT2D eigenvalue weighted by Gasteiger charge is 2.76. The van der Waals surface area contributed by atoms with E-state index in [4.69, 9.17) is 4.74 Å². The zero-order valence-corrected chi connectivity index (χ0v) is 16.9. The van der Waals surface area contributed by atoms with Crippen LogP contribution in [0.1, 0.15) is 31.9 Å². The van der Waals surface area contributed by atoms with Crippen molar-refractivity contribution in [2.45, 2.75) is 36.1 Å². The fraction of sp³-hybridized carbons (Fsp3) is 0.500. The summed E-state index contributed by atoms with van der Waals surface area (Å²) in [4.78, 5) is 40.3. The molecule has 4 aliphatic rings. The first kappa shape index (κ1) is 18.6. The largest absolute Gasteiger partial charge is 0.469 e. The highest BCUT2D eigenvalue weighted by atomic mass is 33.1. The van der Waals surface area contributed by atoms with Crippen molar-refractivity contribution in [1.82, 2.24) is 9.80 Å². The summed E-state index contributed by atoms with van der Waals surface area (Å²) in [6.07, 6.45) is 0.136. The zero-order chi connectivity index (χ0) is 19.8. The molecule has 4 saturated heterocycles. The van der Waals surface area contributed by atoms with Crippen molar-refractivity contribution in [3.05, 3.63) is 35.6 Å². The van der Waals surface area contributed by atoms with E-state index in [0.29, 0.717) is 5.56 Å². The molecular weight excluding hydrogens is 391 g/mol. The average Bonchev–Trinajstić information content (AvgIpc) is 2.94. The number of hydrogen-bond donors (Lipinski definition) is 0. The molecule has 1 aromatic carbocycles. The van der Waals surface area contributed by atoms with Gasteiger partial charge in [-0.05, 0) is 31.5 Å². The van der Waals surface area contributed by atoms with E-state index in [1.165, 1.54) is 45.7 Å². The fourth-order valence-electron chi connectivity index (χ4n) is 4.38. The summed E-state index contributed by atoms with van der Waals surface area (Å²) in [6.45, 7) is 3.42. The first-order valence-corrected chi connectivity index (χ1v) is 10.6. The second-order valence-electron chi connectivity index (χ2n) is 7.51. The van der Waals surface area contributed by atoms with Crippen LogP contribution >= 0.6 is 21.6 Å². The lowest BCUT2D eigenvalue weighted by molar-refractivity contribution is -0.165. The van der Waals surface area contributed by atoms with Gasteiger partial charge in [0, 0.05) is 13.5 Å². The van der Waals surface area contributed by atoms with E-state index < -0.39 is 33.0 Å². The van der Waals surface area contributed by atoms with E-state index in [0.717, 1.165) is 0 Å². The van der Waals surface area contributed by atoms with E-state index in [1.807, 2.05) is 0 Å². The number of rotatable bonds is 2. The monoisotopic (exact) mass is 410 g/mol. The topological polar surface area (TPSA) is 66.9 Å². The molecule has 3 unspecified atom stereocenters. The highest BCUT2D eigenvalue weighted by molar-refractivity contribution is 8.78. The minimum absolute atomic E-state index is 0.136. The van der Waals surface area contributed by atoms with Gasteiger partial charge in [-0.1, -0.05) is 33.7 Å². The van der Waals surface area contributed by atoms with Gasteiger partial charge in [0.25, 0.3) is 11.8 Å². The number of halogens is 1. The molecule has 2 bridgehead atoms. The van der Waals surface area contributed by atoms with E-state index >= 15 is 0 Å². The summed E-state index contributed by atoms with van der Waals surface area (Å²) >= 11 is 0. The molecule has 6 nitrogen and oxygen atoms in total. The minimum Gasteiger partial charge on any atom is -0.469 e. The van der Waals surface area contributed by atoms with E-state index in [9.17, 15) is 18.8 Å². The van der Waals surface area contributed by atoms with Crippen molar-refractivity contribution in [1.29, 1.82) is 0 Å². The van der Waals surface area contributed by atoms with Crippen LogP contribution in [0.2, 0.25) is 0 Å². The molecule has 4 fully saturated rings. The maximum Gasteiger partial charge on any atom is 0.314 e. The number of hydrogen-bond acceptors (Lipinski definition) is 6. The van der Waals surface area contributed by atoms with Crippen molar-refractivity contribution in [3.63, 3.8) is 0 Å². The van der Waals surface area contributed by atoms with Gasteiger partial charge in [-0.25, -0.2) is 4.39 Å². The van der Waals surface area contributed by atoms with Crippen LogP contribution in [-0.2, 0) is 19.1 Å². The predicted molar refractivity (Wildman–Crippen MR) is 99.8 cm³/mol. The number of piperazine rings is 1. The average molecular weight is 410 g/mol.